The van der Waals surface area contributed by atoms with Gasteiger partial charge in [-0.25, -0.2) is 9.78 Å². The van der Waals surface area contributed by atoms with E-state index in [2.05, 4.69) is 25.9 Å². The summed E-state index contributed by atoms with van der Waals surface area (Å²) in [5.74, 6) is 0.209. The van der Waals surface area contributed by atoms with Crippen molar-refractivity contribution in [3.8, 4) is 5.75 Å². The number of hydrogen-bond acceptors (Lipinski definition) is 5. The Kier molecular flexibility index (Phi) is 5.06. The van der Waals surface area contributed by atoms with Gasteiger partial charge in [0.1, 0.15) is 19.0 Å². The Morgan fingerprint density at radius 3 is 2.80 bits per heavy atom. The second-order valence-electron chi connectivity index (χ2n) is 3.98. The highest BCUT2D eigenvalue weighted by atomic mass is 79.9. The molecule has 1 aromatic carbocycles. The van der Waals surface area contributed by atoms with Gasteiger partial charge in [-0.2, -0.15) is 0 Å². The third kappa shape index (κ3) is 4.31. The van der Waals surface area contributed by atoms with Crippen molar-refractivity contribution < 1.29 is 14.3 Å². The van der Waals surface area contributed by atoms with Crippen LogP contribution < -0.4 is 4.74 Å². The van der Waals surface area contributed by atoms with Crippen LogP contribution in [-0.2, 0) is 4.74 Å². The molecule has 0 unspecified atom stereocenters. The van der Waals surface area contributed by atoms with E-state index in [1.54, 1.807) is 6.92 Å². The van der Waals surface area contributed by atoms with E-state index in [0.29, 0.717) is 5.75 Å². The van der Waals surface area contributed by atoms with Gasteiger partial charge in [-0.15, -0.1) is 0 Å². The van der Waals surface area contributed by atoms with Crippen LogP contribution in [-0.4, -0.2) is 29.2 Å². The average Bonchev–Trinajstić information content (AvgIpc) is 2.44. The maximum Gasteiger partial charge on any atom is 0.358 e. The van der Waals surface area contributed by atoms with Crippen LogP contribution in [0.4, 0.5) is 0 Å². The number of benzene rings is 1. The van der Waals surface area contributed by atoms with Crippen molar-refractivity contribution in [2.75, 3.05) is 13.2 Å². The summed E-state index contributed by atoms with van der Waals surface area (Å²) < 4.78 is 11.4. The van der Waals surface area contributed by atoms with Crippen LogP contribution >= 0.6 is 15.9 Å². The van der Waals surface area contributed by atoms with Crippen LogP contribution in [0.3, 0.4) is 0 Å². The number of aromatic nitrogens is 2. The number of esters is 1. The van der Waals surface area contributed by atoms with Gasteiger partial charge in [-0.05, 0) is 25.1 Å². The molecule has 0 aliphatic rings. The number of halogens is 1. The fraction of sp³-hybridized carbons (Fsp3) is 0.214. The summed E-state index contributed by atoms with van der Waals surface area (Å²) in [4.78, 5) is 19.6. The van der Waals surface area contributed by atoms with E-state index in [4.69, 9.17) is 9.47 Å². The van der Waals surface area contributed by atoms with E-state index in [1.807, 2.05) is 24.3 Å². The maximum atomic E-state index is 11.6. The summed E-state index contributed by atoms with van der Waals surface area (Å²) in [5.41, 5.74) is 0.942. The number of nitrogens with zero attached hydrogens (tertiary/aromatic N) is 2. The largest absolute Gasteiger partial charge is 0.490 e. The molecule has 20 heavy (non-hydrogen) atoms. The van der Waals surface area contributed by atoms with E-state index >= 15 is 0 Å². The summed E-state index contributed by atoms with van der Waals surface area (Å²) in [6.07, 6.45) is 2.92. The molecule has 0 radical (unpaired) electrons. The van der Waals surface area contributed by atoms with Crippen LogP contribution in [0.25, 0.3) is 0 Å². The smallest absolute Gasteiger partial charge is 0.358 e. The molecule has 0 amide bonds. The minimum atomic E-state index is -0.504. The highest BCUT2D eigenvalue weighted by Crippen LogP contribution is 2.17. The summed E-state index contributed by atoms with van der Waals surface area (Å²) >= 11 is 3.35. The zero-order chi connectivity index (χ0) is 14.4. The minimum Gasteiger partial charge on any atom is -0.490 e. The quantitative estimate of drug-likeness (QED) is 0.620. The van der Waals surface area contributed by atoms with Gasteiger partial charge in [-0.1, -0.05) is 22.0 Å². The number of carbonyl (C=O) groups excluding carboxylic acids is 1. The van der Waals surface area contributed by atoms with E-state index in [0.717, 1.165) is 10.2 Å². The highest BCUT2D eigenvalue weighted by molar-refractivity contribution is 9.10. The third-order valence-corrected chi connectivity index (χ3v) is 2.86. The summed E-state index contributed by atoms with van der Waals surface area (Å²) in [5, 5.41) is 0. The molecule has 1 heterocycles. The average molecular weight is 337 g/mol. The first-order chi connectivity index (χ1) is 9.65. The molecular formula is C14H13BrN2O3. The zero-order valence-electron chi connectivity index (χ0n) is 10.9. The number of rotatable bonds is 5. The molecule has 2 aromatic rings. The van der Waals surface area contributed by atoms with Gasteiger partial charge in [0.05, 0.1) is 11.9 Å². The van der Waals surface area contributed by atoms with Crippen molar-refractivity contribution in [3.05, 3.63) is 52.5 Å². The Bertz CT molecular complexity index is 587. The highest BCUT2D eigenvalue weighted by Gasteiger charge is 2.08. The Balaban J connectivity index is 1.76. The lowest BCUT2D eigenvalue weighted by atomic mass is 10.3. The van der Waals surface area contributed by atoms with Gasteiger partial charge in [0, 0.05) is 10.7 Å². The van der Waals surface area contributed by atoms with Crippen molar-refractivity contribution in [2.24, 2.45) is 0 Å². The third-order valence-electron chi connectivity index (χ3n) is 2.37. The first-order valence-electron chi connectivity index (χ1n) is 5.99. The first kappa shape index (κ1) is 14.5. The van der Waals surface area contributed by atoms with Crippen molar-refractivity contribution in [1.82, 2.24) is 9.97 Å². The summed E-state index contributed by atoms with van der Waals surface area (Å²) in [6, 6.07) is 7.45. The molecular weight excluding hydrogens is 324 g/mol. The Morgan fingerprint density at radius 2 is 2.10 bits per heavy atom. The number of ether oxygens (including phenoxy) is 2. The van der Waals surface area contributed by atoms with Crippen LogP contribution in [0.5, 0.6) is 5.75 Å². The maximum absolute atomic E-state index is 11.6. The molecule has 1 aromatic heterocycles. The van der Waals surface area contributed by atoms with Gasteiger partial charge in [0.15, 0.2) is 5.69 Å². The van der Waals surface area contributed by atoms with Crippen LogP contribution in [0.15, 0.2) is 41.1 Å². The van der Waals surface area contributed by atoms with E-state index in [1.165, 1.54) is 12.4 Å². The van der Waals surface area contributed by atoms with Gasteiger partial charge >= 0.3 is 5.97 Å². The van der Waals surface area contributed by atoms with E-state index in [9.17, 15) is 4.79 Å². The molecule has 2 rings (SSSR count). The van der Waals surface area contributed by atoms with E-state index < -0.39 is 5.97 Å². The number of hydrogen-bond donors (Lipinski definition) is 0. The molecule has 0 N–H and O–H groups in total. The fourth-order valence-electron chi connectivity index (χ4n) is 1.42. The van der Waals surface area contributed by atoms with Crippen LogP contribution in [0, 0.1) is 6.92 Å². The fourth-order valence-corrected chi connectivity index (χ4v) is 1.80. The van der Waals surface area contributed by atoms with Gasteiger partial charge in [0.2, 0.25) is 0 Å². The van der Waals surface area contributed by atoms with E-state index in [-0.39, 0.29) is 18.9 Å². The van der Waals surface area contributed by atoms with Crippen molar-refractivity contribution >= 4 is 21.9 Å². The standard InChI is InChI=1S/C14H13BrN2O3/c1-10-8-17-13(9-16-10)14(18)20-6-5-19-12-4-2-3-11(15)7-12/h2-4,7-9H,5-6H2,1H3. The SMILES string of the molecule is Cc1cnc(C(=O)OCCOc2cccc(Br)c2)cn1. The monoisotopic (exact) mass is 336 g/mol. The number of carbonyl (C=O) groups is 1. The molecule has 0 aliphatic heterocycles. The lowest BCUT2D eigenvalue weighted by Gasteiger charge is -2.07. The number of aryl methyl sites for hydroxylation is 1. The Hall–Kier alpha value is -1.95. The molecule has 5 nitrogen and oxygen atoms in total. The minimum absolute atomic E-state index is 0.154. The van der Waals surface area contributed by atoms with Gasteiger partial charge in [-0.3, -0.25) is 4.98 Å². The summed E-state index contributed by atoms with van der Waals surface area (Å²) in [7, 11) is 0. The summed E-state index contributed by atoms with van der Waals surface area (Å²) in [6.45, 7) is 2.23. The molecule has 0 saturated heterocycles. The van der Waals surface area contributed by atoms with Crippen molar-refractivity contribution in [1.29, 1.82) is 0 Å². The second-order valence-corrected chi connectivity index (χ2v) is 4.90. The Labute approximate surface area is 125 Å². The normalized spacial score (nSPS) is 10.1. The Morgan fingerprint density at radius 1 is 1.25 bits per heavy atom. The van der Waals surface area contributed by atoms with Crippen LogP contribution in [0.2, 0.25) is 0 Å². The molecule has 0 fully saturated rings. The molecule has 6 heteroatoms. The predicted octanol–water partition coefficient (Wildman–Crippen LogP) is 2.78. The van der Waals surface area contributed by atoms with Crippen LogP contribution in [0.1, 0.15) is 16.2 Å². The molecule has 0 bridgehead atoms. The topological polar surface area (TPSA) is 61.3 Å². The lowest BCUT2D eigenvalue weighted by Crippen LogP contribution is -2.13. The zero-order valence-corrected chi connectivity index (χ0v) is 12.5. The van der Waals surface area contributed by atoms with Gasteiger partial charge < -0.3 is 9.47 Å². The first-order valence-corrected chi connectivity index (χ1v) is 6.78. The molecule has 0 spiro atoms. The van der Waals surface area contributed by atoms with Crippen molar-refractivity contribution in [3.63, 3.8) is 0 Å². The lowest BCUT2D eigenvalue weighted by molar-refractivity contribution is 0.0443. The molecule has 104 valence electrons. The predicted molar refractivity (Wildman–Crippen MR) is 76.7 cm³/mol. The molecule has 0 atom stereocenters. The van der Waals surface area contributed by atoms with Gasteiger partial charge in [0.25, 0.3) is 0 Å². The van der Waals surface area contributed by atoms with Crippen molar-refractivity contribution in [2.45, 2.75) is 6.92 Å². The molecule has 0 aliphatic carbocycles. The second kappa shape index (κ2) is 7.00. The molecule has 0 saturated carbocycles.